The number of nitrogens with zero attached hydrogens (tertiary/aromatic N) is 1. The molecule has 0 saturated heterocycles. The third-order valence-electron chi connectivity index (χ3n) is 2.96. The van der Waals surface area contributed by atoms with Crippen LogP contribution in [-0.4, -0.2) is 42.2 Å². The van der Waals surface area contributed by atoms with Gasteiger partial charge in [0, 0.05) is 31.7 Å². The van der Waals surface area contributed by atoms with Crippen LogP contribution in [0.5, 0.6) is 0 Å². The minimum Gasteiger partial charge on any atom is -0.395 e. The van der Waals surface area contributed by atoms with Crippen molar-refractivity contribution < 1.29 is 9.90 Å². The van der Waals surface area contributed by atoms with Gasteiger partial charge in [-0.3, -0.25) is 4.79 Å². The average molecular weight is 265 g/mol. The number of amides is 1. The molecule has 0 aliphatic rings. The minimum absolute atomic E-state index is 0.0226. The van der Waals surface area contributed by atoms with Gasteiger partial charge in [-0.2, -0.15) is 0 Å². The first-order valence-corrected chi connectivity index (χ1v) is 6.61. The number of aliphatic hydroxyl groups is 1. The van der Waals surface area contributed by atoms with Gasteiger partial charge in [0.2, 0.25) is 5.91 Å². The zero-order valence-corrected chi connectivity index (χ0v) is 11.4. The highest BCUT2D eigenvalue weighted by atomic mass is 16.3. The molecule has 0 aliphatic carbocycles. The monoisotopic (exact) mass is 265 g/mol. The van der Waals surface area contributed by atoms with Crippen molar-refractivity contribution in [1.29, 1.82) is 0 Å². The summed E-state index contributed by atoms with van der Waals surface area (Å²) in [6, 6.07) is 7.53. The van der Waals surface area contributed by atoms with Crippen molar-refractivity contribution in [3.8, 4) is 0 Å². The molecule has 19 heavy (non-hydrogen) atoms. The molecule has 0 unspecified atom stereocenters. The number of aliphatic hydroxyl groups excluding tert-OH is 1. The van der Waals surface area contributed by atoms with E-state index in [0.717, 1.165) is 17.8 Å². The maximum atomic E-state index is 11.8. The molecule has 0 aromatic heterocycles. The fraction of sp³-hybridized carbons (Fsp3) is 0.500. The van der Waals surface area contributed by atoms with Crippen molar-refractivity contribution in [1.82, 2.24) is 4.90 Å². The van der Waals surface area contributed by atoms with Gasteiger partial charge in [-0.15, -0.1) is 0 Å². The number of rotatable bonds is 8. The number of carbonyl (C=O) groups is 1. The molecule has 0 atom stereocenters. The molecule has 0 saturated carbocycles. The zero-order chi connectivity index (χ0) is 14.1. The Morgan fingerprint density at radius 2 is 2.21 bits per heavy atom. The highest BCUT2D eigenvalue weighted by Gasteiger charge is 2.06. The summed E-state index contributed by atoms with van der Waals surface area (Å²) in [5.41, 5.74) is 7.33. The second-order valence-electron chi connectivity index (χ2n) is 4.36. The molecule has 0 heterocycles. The van der Waals surface area contributed by atoms with Crippen molar-refractivity contribution in [2.45, 2.75) is 19.9 Å². The molecular formula is C14H23N3O2. The van der Waals surface area contributed by atoms with E-state index < -0.39 is 0 Å². The fourth-order valence-corrected chi connectivity index (χ4v) is 1.83. The lowest BCUT2D eigenvalue weighted by Crippen LogP contribution is -2.30. The van der Waals surface area contributed by atoms with Gasteiger partial charge in [-0.1, -0.05) is 19.1 Å². The summed E-state index contributed by atoms with van der Waals surface area (Å²) in [6.45, 7) is 4.68. The van der Waals surface area contributed by atoms with Crippen LogP contribution < -0.4 is 11.1 Å². The van der Waals surface area contributed by atoms with E-state index >= 15 is 0 Å². The first kappa shape index (κ1) is 15.6. The van der Waals surface area contributed by atoms with Crippen LogP contribution in [0, 0.1) is 0 Å². The molecule has 0 radical (unpaired) electrons. The van der Waals surface area contributed by atoms with E-state index in [4.69, 9.17) is 10.8 Å². The molecule has 106 valence electrons. The molecule has 1 amide bonds. The SMILES string of the molecule is CCN(CCO)CCC(=O)Nc1cccc(CN)c1. The van der Waals surface area contributed by atoms with Gasteiger partial charge < -0.3 is 21.1 Å². The maximum absolute atomic E-state index is 11.8. The summed E-state index contributed by atoms with van der Waals surface area (Å²) in [7, 11) is 0. The van der Waals surface area contributed by atoms with Crippen LogP contribution in [-0.2, 0) is 11.3 Å². The van der Waals surface area contributed by atoms with Gasteiger partial charge in [0.15, 0.2) is 0 Å². The number of likely N-dealkylation sites (N-methyl/N-ethyl adjacent to an activating group) is 1. The molecule has 0 bridgehead atoms. The Kier molecular flexibility index (Phi) is 7.10. The highest BCUT2D eigenvalue weighted by Crippen LogP contribution is 2.10. The van der Waals surface area contributed by atoms with Crippen LogP contribution in [0.15, 0.2) is 24.3 Å². The quantitative estimate of drug-likeness (QED) is 0.649. The molecule has 4 N–H and O–H groups in total. The summed E-state index contributed by atoms with van der Waals surface area (Å²) in [6.07, 6.45) is 0.417. The number of nitrogens with two attached hydrogens (primary N) is 1. The lowest BCUT2D eigenvalue weighted by Gasteiger charge is -2.18. The Morgan fingerprint density at radius 1 is 1.42 bits per heavy atom. The minimum atomic E-state index is -0.0226. The van der Waals surface area contributed by atoms with Gasteiger partial charge in [-0.25, -0.2) is 0 Å². The number of anilines is 1. The molecule has 0 spiro atoms. The predicted octanol–water partition coefficient (Wildman–Crippen LogP) is 0.788. The normalized spacial score (nSPS) is 10.7. The van der Waals surface area contributed by atoms with Crippen LogP contribution in [0.2, 0.25) is 0 Å². The van der Waals surface area contributed by atoms with Crippen LogP contribution in [0.25, 0.3) is 0 Å². The zero-order valence-electron chi connectivity index (χ0n) is 11.4. The Morgan fingerprint density at radius 3 is 2.84 bits per heavy atom. The number of hydrogen-bond acceptors (Lipinski definition) is 4. The Bertz CT molecular complexity index is 396. The van der Waals surface area contributed by atoms with E-state index in [0.29, 0.717) is 26.1 Å². The number of nitrogens with one attached hydrogen (secondary N) is 1. The van der Waals surface area contributed by atoms with Crippen LogP contribution in [0.1, 0.15) is 18.9 Å². The fourth-order valence-electron chi connectivity index (χ4n) is 1.83. The molecule has 5 nitrogen and oxygen atoms in total. The van der Waals surface area contributed by atoms with Crippen molar-refractivity contribution >= 4 is 11.6 Å². The Labute approximate surface area is 114 Å². The van der Waals surface area contributed by atoms with Crippen LogP contribution in [0.4, 0.5) is 5.69 Å². The van der Waals surface area contributed by atoms with Crippen molar-refractivity contribution in [3.63, 3.8) is 0 Å². The standard InChI is InChI=1S/C14H23N3O2/c1-2-17(8-9-18)7-6-14(19)16-13-5-3-4-12(10-13)11-15/h3-5,10,18H,2,6-9,11,15H2,1H3,(H,16,19). The molecule has 1 rings (SSSR count). The van der Waals surface area contributed by atoms with Gasteiger partial charge in [-0.05, 0) is 24.2 Å². The maximum Gasteiger partial charge on any atom is 0.225 e. The van der Waals surface area contributed by atoms with Crippen molar-refractivity contribution in [2.24, 2.45) is 5.73 Å². The van der Waals surface area contributed by atoms with Gasteiger partial charge in [0.05, 0.1) is 6.61 Å². The summed E-state index contributed by atoms with van der Waals surface area (Å²) < 4.78 is 0. The first-order chi connectivity index (χ1) is 9.19. The smallest absolute Gasteiger partial charge is 0.225 e. The van der Waals surface area contributed by atoms with E-state index in [9.17, 15) is 4.79 Å². The van der Waals surface area contributed by atoms with Crippen molar-refractivity contribution in [2.75, 3.05) is 31.6 Å². The van der Waals surface area contributed by atoms with Gasteiger partial charge >= 0.3 is 0 Å². The number of benzene rings is 1. The topological polar surface area (TPSA) is 78.6 Å². The molecule has 1 aromatic rings. The van der Waals surface area contributed by atoms with E-state index in [2.05, 4.69) is 5.32 Å². The van der Waals surface area contributed by atoms with Crippen LogP contribution >= 0.6 is 0 Å². The number of carbonyl (C=O) groups excluding carboxylic acids is 1. The molecule has 0 fully saturated rings. The molecule has 0 aliphatic heterocycles. The van der Waals surface area contributed by atoms with Gasteiger partial charge in [0.25, 0.3) is 0 Å². The highest BCUT2D eigenvalue weighted by molar-refractivity contribution is 5.90. The summed E-state index contributed by atoms with van der Waals surface area (Å²) >= 11 is 0. The number of hydrogen-bond donors (Lipinski definition) is 3. The predicted molar refractivity (Wildman–Crippen MR) is 76.8 cm³/mol. The Balaban J connectivity index is 2.41. The second-order valence-corrected chi connectivity index (χ2v) is 4.36. The van der Waals surface area contributed by atoms with E-state index in [-0.39, 0.29) is 12.5 Å². The Hall–Kier alpha value is -1.43. The average Bonchev–Trinajstić information content (AvgIpc) is 2.43. The molecule has 1 aromatic carbocycles. The van der Waals surface area contributed by atoms with E-state index in [1.807, 2.05) is 36.1 Å². The third-order valence-corrected chi connectivity index (χ3v) is 2.96. The molecule has 5 heteroatoms. The molecular weight excluding hydrogens is 242 g/mol. The third kappa shape index (κ3) is 5.83. The summed E-state index contributed by atoms with van der Waals surface area (Å²) in [5.74, 6) is -0.0226. The van der Waals surface area contributed by atoms with Crippen molar-refractivity contribution in [3.05, 3.63) is 29.8 Å². The summed E-state index contributed by atoms with van der Waals surface area (Å²) in [4.78, 5) is 13.8. The van der Waals surface area contributed by atoms with Crippen LogP contribution in [0.3, 0.4) is 0 Å². The largest absolute Gasteiger partial charge is 0.395 e. The van der Waals surface area contributed by atoms with E-state index in [1.165, 1.54) is 0 Å². The lowest BCUT2D eigenvalue weighted by atomic mass is 10.2. The first-order valence-electron chi connectivity index (χ1n) is 6.61. The van der Waals surface area contributed by atoms with Gasteiger partial charge in [0.1, 0.15) is 0 Å². The lowest BCUT2D eigenvalue weighted by molar-refractivity contribution is -0.116. The van der Waals surface area contributed by atoms with E-state index in [1.54, 1.807) is 0 Å². The second kappa shape index (κ2) is 8.63. The summed E-state index contributed by atoms with van der Waals surface area (Å²) in [5, 5.41) is 11.7.